The van der Waals surface area contributed by atoms with Crippen LogP contribution in [0, 0.1) is 23.7 Å². The van der Waals surface area contributed by atoms with E-state index in [4.69, 9.17) is 0 Å². The lowest BCUT2D eigenvalue weighted by Crippen LogP contribution is -2.43. The molecule has 0 heterocycles. The maximum atomic E-state index is 13.1. The van der Waals surface area contributed by atoms with Crippen LogP contribution >= 0.6 is 0 Å². The first-order chi connectivity index (χ1) is 9.13. The van der Waals surface area contributed by atoms with Crippen LogP contribution < -0.4 is 0 Å². The summed E-state index contributed by atoms with van der Waals surface area (Å²) in [5, 5.41) is -5.09. The van der Waals surface area contributed by atoms with Gasteiger partial charge in [-0.05, 0) is 24.7 Å². The number of carbonyl (C=O) groups is 2. The summed E-state index contributed by atoms with van der Waals surface area (Å²) in [5.41, 5.74) is 0. The number of rotatable bonds is 3. The second-order valence-electron chi connectivity index (χ2n) is 5.68. The average molecular weight is 309 g/mol. The fourth-order valence-electron chi connectivity index (χ4n) is 3.94. The third-order valence-electron chi connectivity index (χ3n) is 4.73. The van der Waals surface area contributed by atoms with Crippen molar-refractivity contribution in [1.82, 2.24) is 0 Å². The molecule has 3 rings (SSSR count). The molecule has 112 valence electrons. The molecular formula is C11H11F2O6S-. The number of hydrogen-bond donors (Lipinski definition) is 0. The summed E-state index contributed by atoms with van der Waals surface area (Å²) in [6.45, 7) is 0. The van der Waals surface area contributed by atoms with E-state index in [9.17, 15) is 31.3 Å². The highest BCUT2D eigenvalue weighted by atomic mass is 32.2. The SMILES string of the molecule is O=C1CC2C3CC(CC13)C2OC(=O)C(F)(F)S(=O)(=O)[O-]. The number of fused-ring (bicyclic) bond motifs is 1. The molecule has 0 aromatic heterocycles. The molecular weight excluding hydrogens is 298 g/mol. The number of ketones is 1. The third-order valence-corrected chi connectivity index (χ3v) is 5.52. The number of ether oxygens (including phenoxy) is 1. The van der Waals surface area contributed by atoms with E-state index in [1.807, 2.05) is 0 Å². The summed E-state index contributed by atoms with van der Waals surface area (Å²) in [7, 11) is -6.11. The third kappa shape index (κ3) is 1.72. The van der Waals surface area contributed by atoms with Gasteiger partial charge in [0.15, 0.2) is 10.1 Å². The number of hydrogen-bond acceptors (Lipinski definition) is 6. The number of Topliss-reactive ketones (excluding diaryl/α,β-unsaturated/α-hetero) is 1. The highest BCUT2D eigenvalue weighted by molar-refractivity contribution is 7.87. The zero-order valence-electron chi connectivity index (χ0n) is 10.1. The van der Waals surface area contributed by atoms with Crippen molar-refractivity contribution in [3.05, 3.63) is 0 Å². The molecule has 0 aromatic rings. The van der Waals surface area contributed by atoms with Crippen molar-refractivity contribution in [3.63, 3.8) is 0 Å². The van der Waals surface area contributed by atoms with Crippen molar-refractivity contribution in [2.75, 3.05) is 0 Å². The van der Waals surface area contributed by atoms with E-state index in [2.05, 4.69) is 4.74 Å². The Morgan fingerprint density at radius 3 is 2.55 bits per heavy atom. The first-order valence-electron chi connectivity index (χ1n) is 6.20. The van der Waals surface area contributed by atoms with E-state index in [1.165, 1.54) is 0 Å². The van der Waals surface area contributed by atoms with Gasteiger partial charge in [0.2, 0.25) is 0 Å². The van der Waals surface area contributed by atoms with Crippen molar-refractivity contribution < 1.29 is 36.1 Å². The molecule has 6 nitrogen and oxygen atoms in total. The Morgan fingerprint density at radius 2 is 1.95 bits per heavy atom. The molecule has 2 bridgehead atoms. The minimum absolute atomic E-state index is 0.0304. The minimum Gasteiger partial charge on any atom is -0.743 e. The predicted octanol–water partition coefficient (Wildman–Crippen LogP) is 0.281. The Hall–Kier alpha value is -1.09. The molecule has 3 aliphatic carbocycles. The molecule has 0 aromatic carbocycles. The van der Waals surface area contributed by atoms with Crippen LogP contribution in [0.2, 0.25) is 0 Å². The van der Waals surface area contributed by atoms with Gasteiger partial charge < -0.3 is 9.29 Å². The zero-order valence-corrected chi connectivity index (χ0v) is 10.9. The summed E-state index contributed by atoms with van der Waals surface area (Å²) in [5.74, 6) is -2.85. The molecule has 20 heavy (non-hydrogen) atoms. The molecule has 3 aliphatic rings. The summed E-state index contributed by atoms with van der Waals surface area (Å²) in [6, 6.07) is 0. The molecule has 0 saturated heterocycles. The molecule has 0 radical (unpaired) electrons. The number of esters is 1. The van der Waals surface area contributed by atoms with Crippen molar-refractivity contribution >= 4 is 21.9 Å². The topological polar surface area (TPSA) is 101 Å². The Labute approximate surface area is 113 Å². The van der Waals surface area contributed by atoms with Crippen LogP contribution in [0.25, 0.3) is 0 Å². The molecule has 0 spiro atoms. The van der Waals surface area contributed by atoms with Crippen LogP contribution in [-0.2, 0) is 24.4 Å². The normalized spacial score (nSPS) is 39.4. The van der Waals surface area contributed by atoms with Crippen molar-refractivity contribution in [3.8, 4) is 0 Å². The van der Waals surface area contributed by atoms with Crippen molar-refractivity contribution in [2.24, 2.45) is 23.7 Å². The highest BCUT2D eigenvalue weighted by Gasteiger charge is 2.62. The van der Waals surface area contributed by atoms with Crippen LogP contribution in [0.15, 0.2) is 0 Å². The molecule has 0 N–H and O–H groups in total. The van der Waals surface area contributed by atoms with E-state index in [1.54, 1.807) is 0 Å². The first kappa shape index (κ1) is 13.9. The summed E-state index contributed by atoms with van der Waals surface area (Å²) in [6.07, 6.45) is 0.379. The lowest BCUT2D eigenvalue weighted by Gasteiger charge is -2.29. The highest BCUT2D eigenvalue weighted by Crippen LogP contribution is 2.59. The van der Waals surface area contributed by atoms with E-state index in [-0.39, 0.29) is 35.9 Å². The van der Waals surface area contributed by atoms with E-state index in [0.717, 1.165) is 0 Å². The largest absolute Gasteiger partial charge is 0.743 e. The van der Waals surface area contributed by atoms with E-state index in [0.29, 0.717) is 12.8 Å². The molecule has 3 saturated carbocycles. The maximum Gasteiger partial charge on any atom is 0.428 e. The molecule has 5 unspecified atom stereocenters. The summed E-state index contributed by atoms with van der Waals surface area (Å²) >= 11 is 0. The van der Waals surface area contributed by atoms with Crippen LogP contribution in [0.5, 0.6) is 0 Å². The second kappa shape index (κ2) is 3.97. The van der Waals surface area contributed by atoms with Gasteiger partial charge >= 0.3 is 11.2 Å². The van der Waals surface area contributed by atoms with Gasteiger partial charge in [0.1, 0.15) is 11.9 Å². The van der Waals surface area contributed by atoms with Crippen LogP contribution in [0.1, 0.15) is 19.3 Å². The average Bonchev–Trinajstić information content (AvgIpc) is 2.91. The van der Waals surface area contributed by atoms with Gasteiger partial charge in [0.25, 0.3) is 0 Å². The molecule has 0 amide bonds. The summed E-state index contributed by atoms with van der Waals surface area (Å²) < 4.78 is 61.9. The lowest BCUT2D eigenvalue weighted by atomic mass is 9.86. The maximum absolute atomic E-state index is 13.1. The predicted molar refractivity (Wildman–Crippen MR) is 57.3 cm³/mol. The first-order valence-corrected chi connectivity index (χ1v) is 7.61. The Kier molecular flexibility index (Phi) is 2.75. The van der Waals surface area contributed by atoms with Gasteiger partial charge in [-0.1, -0.05) is 0 Å². The van der Waals surface area contributed by atoms with Crippen LogP contribution in [0.4, 0.5) is 8.78 Å². The standard InChI is InChI=1S/C11H12F2O6S/c12-11(13,20(16,17)18)10(15)19-9-4-1-5-6(2-4)8(14)3-7(5)9/h4-7,9H,1-3H2,(H,16,17,18)/p-1. The molecule has 9 heteroatoms. The van der Waals surface area contributed by atoms with Crippen LogP contribution in [-0.4, -0.2) is 36.1 Å². The van der Waals surface area contributed by atoms with Gasteiger partial charge in [0, 0.05) is 18.3 Å². The van der Waals surface area contributed by atoms with Crippen molar-refractivity contribution in [2.45, 2.75) is 30.6 Å². The van der Waals surface area contributed by atoms with Gasteiger partial charge in [-0.15, -0.1) is 0 Å². The van der Waals surface area contributed by atoms with Gasteiger partial charge in [-0.2, -0.15) is 8.78 Å². The minimum atomic E-state index is -6.11. The Balaban J connectivity index is 1.77. The number of carbonyl (C=O) groups excluding carboxylic acids is 2. The van der Waals surface area contributed by atoms with Gasteiger partial charge in [0.05, 0.1) is 0 Å². The molecule has 3 fully saturated rings. The van der Waals surface area contributed by atoms with Gasteiger partial charge in [-0.25, -0.2) is 13.2 Å². The Bertz CT molecular complexity index is 586. The second-order valence-corrected chi connectivity index (χ2v) is 7.10. The van der Waals surface area contributed by atoms with Gasteiger partial charge in [-0.3, -0.25) is 4.79 Å². The van der Waals surface area contributed by atoms with E-state index < -0.39 is 27.4 Å². The smallest absolute Gasteiger partial charge is 0.428 e. The Morgan fingerprint density at radius 1 is 1.30 bits per heavy atom. The molecule has 5 atom stereocenters. The van der Waals surface area contributed by atoms with Crippen LogP contribution in [0.3, 0.4) is 0 Å². The fraction of sp³-hybridized carbons (Fsp3) is 0.818. The number of alkyl halides is 2. The molecule has 0 aliphatic heterocycles. The van der Waals surface area contributed by atoms with Crippen molar-refractivity contribution in [1.29, 1.82) is 0 Å². The quantitative estimate of drug-likeness (QED) is 0.548. The monoisotopic (exact) mass is 309 g/mol. The summed E-state index contributed by atoms with van der Waals surface area (Å²) in [4.78, 5) is 22.9. The lowest BCUT2D eigenvalue weighted by molar-refractivity contribution is -0.172. The number of halogens is 2. The zero-order chi connectivity index (χ0) is 14.9. The van der Waals surface area contributed by atoms with E-state index >= 15 is 0 Å². The fourth-order valence-corrected chi connectivity index (χ4v) is 4.20.